The summed E-state index contributed by atoms with van der Waals surface area (Å²) in [6.07, 6.45) is 2.04. The average Bonchev–Trinajstić information content (AvgIpc) is 3.55. The molecule has 274 valence electrons. The molecule has 3 aromatic heterocycles. The van der Waals surface area contributed by atoms with Crippen LogP contribution in [-0.2, 0) is 10.3 Å². The van der Waals surface area contributed by atoms with Crippen LogP contribution in [0.25, 0.3) is 22.4 Å². The molecule has 0 unspecified atom stereocenters. The van der Waals surface area contributed by atoms with Crippen LogP contribution in [0.2, 0.25) is 0 Å². The number of amides is 1. The summed E-state index contributed by atoms with van der Waals surface area (Å²) >= 11 is 0. The normalized spacial score (nSPS) is 15.0. The maximum atomic E-state index is 16.2. The first-order valence-electron chi connectivity index (χ1n) is 18.4. The largest absolute Gasteiger partial charge is 0.444 e. The second-order valence-electron chi connectivity index (χ2n) is 15.1. The van der Waals surface area contributed by atoms with Crippen molar-refractivity contribution >= 4 is 22.9 Å². The van der Waals surface area contributed by atoms with Crippen molar-refractivity contribution in [1.82, 2.24) is 24.6 Å². The first-order chi connectivity index (χ1) is 26.0. The van der Waals surface area contributed by atoms with Gasteiger partial charge in [-0.2, -0.15) is 10.4 Å². The first-order valence-corrected chi connectivity index (χ1v) is 18.4. The Bertz CT molecular complexity index is 2200. The van der Waals surface area contributed by atoms with Crippen molar-refractivity contribution in [2.45, 2.75) is 58.2 Å². The summed E-state index contributed by atoms with van der Waals surface area (Å²) in [5, 5.41) is 16.4. The lowest BCUT2D eigenvalue weighted by Gasteiger charge is -2.43. The van der Waals surface area contributed by atoms with Crippen LogP contribution >= 0.6 is 0 Å². The van der Waals surface area contributed by atoms with Crippen LogP contribution in [-0.4, -0.2) is 62.0 Å². The highest BCUT2D eigenvalue weighted by molar-refractivity contribution is 5.92. The molecule has 4 heterocycles. The van der Waals surface area contributed by atoms with Gasteiger partial charge in [-0.15, -0.1) is 0 Å². The predicted molar refractivity (Wildman–Crippen MR) is 208 cm³/mol. The van der Waals surface area contributed by atoms with E-state index >= 15 is 4.39 Å². The zero-order chi connectivity index (χ0) is 38.0. The summed E-state index contributed by atoms with van der Waals surface area (Å²) in [5.41, 5.74) is 2.52. The van der Waals surface area contributed by atoms with Crippen molar-refractivity contribution in [3.63, 3.8) is 0 Å². The lowest BCUT2D eigenvalue weighted by Crippen LogP contribution is -2.57. The van der Waals surface area contributed by atoms with E-state index in [9.17, 15) is 10.1 Å². The maximum Gasteiger partial charge on any atom is 0.410 e. The summed E-state index contributed by atoms with van der Waals surface area (Å²) in [6, 6.07) is 37.4. The minimum atomic E-state index is -0.994. The second-order valence-corrected chi connectivity index (χ2v) is 15.1. The van der Waals surface area contributed by atoms with Crippen LogP contribution in [0, 0.1) is 23.1 Å². The van der Waals surface area contributed by atoms with Crippen molar-refractivity contribution < 1.29 is 13.9 Å². The van der Waals surface area contributed by atoms with Crippen LogP contribution in [0.1, 0.15) is 63.3 Å². The molecular formula is C44H44FN7O2. The number of aromatic nitrogens is 4. The second kappa shape index (κ2) is 14.7. The van der Waals surface area contributed by atoms with Crippen LogP contribution in [0.3, 0.4) is 0 Å². The van der Waals surface area contributed by atoms with E-state index in [-0.39, 0.29) is 35.1 Å². The number of fused-ring (bicyclic) bond motifs is 1. The van der Waals surface area contributed by atoms with Gasteiger partial charge >= 0.3 is 6.09 Å². The lowest BCUT2D eigenvalue weighted by atomic mass is 9.77. The number of hydrogen-bond acceptors (Lipinski definition) is 7. The van der Waals surface area contributed by atoms with E-state index in [0.717, 1.165) is 16.7 Å². The molecule has 0 spiro atoms. The van der Waals surface area contributed by atoms with Crippen molar-refractivity contribution in [3.05, 3.63) is 143 Å². The predicted octanol–water partition coefficient (Wildman–Crippen LogP) is 8.82. The molecule has 0 N–H and O–H groups in total. The Balaban J connectivity index is 1.41. The minimum Gasteiger partial charge on any atom is -0.444 e. The standard InChI is InChI=1S/C44H44FN7O2/c1-30(2)26-35-29-50(24-25-51(35)42(53)54-43(3,4)5)41-37(45)27-31(28-46)38(48-41)39-36-22-15-23-47-40(36)52(49-39)44(32-16-9-6-10-17-32,33-18-11-7-12-19-33)34-20-13-8-14-21-34/h6-23,27,30,35H,24-26,29H2,1-5H3/t35-/m1/s1. The van der Waals surface area contributed by atoms with Gasteiger partial charge in [0.15, 0.2) is 17.3 Å². The Kier molecular flexibility index (Phi) is 9.91. The number of benzene rings is 3. The molecule has 54 heavy (non-hydrogen) atoms. The van der Waals surface area contributed by atoms with Gasteiger partial charge in [-0.25, -0.2) is 23.8 Å². The van der Waals surface area contributed by atoms with Gasteiger partial charge in [0.05, 0.1) is 11.6 Å². The van der Waals surface area contributed by atoms with Gasteiger partial charge in [-0.05, 0) is 68.0 Å². The van der Waals surface area contributed by atoms with Crippen LogP contribution < -0.4 is 4.90 Å². The number of hydrogen-bond donors (Lipinski definition) is 0. The molecule has 1 saturated heterocycles. The molecule has 7 rings (SSSR count). The molecule has 1 aliphatic rings. The SMILES string of the molecule is CC(C)C[C@@H]1CN(c2nc(-c3nn(C(c4ccccc4)(c4ccccc4)c4ccccc4)c4ncccc34)c(C#N)cc2F)CCN1C(=O)OC(C)(C)C. The summed E-state index contributed by atoms with van der Waals surface area (Å²) < 4.78 is 23.8. The van der Waals surface area contributed by atoms with E-state index in [1.807, 2.05) is 97.1 Å². The highest BCUT2D eigenvalue weighted by Gasteiger charge is 2.42. The number of carbonyl (C=O) groups excluding carboxylic acids is 1. The van der Waals surface area contributed by atoms with Gasteiger partial charge in [0.25, 0.3) is 0 Å². The van der Waals surface area contributed by atoms with E-state index in [2.05, 4.69) is 56.3 Å². The van der Waals surface area contributed by atoms with Crippen molar-refractivity contribution in [1.29, 1.82) is 5.26 Å². The van der Waals surface area contributed by atoms with E-state index in [4.69, 9.17) is 19.8 Å². The molecule has 10 heteroatoms. The molecule has 0 radical (unpaired) electrons. The number of anilines is 1. The molecule has 0 bridgehead atoms. The number of carbonyl (C=O) groups is 1. The highest BCUT2D eigenvalue weighted by Crippen LogP contribution is 2.44. The summed E-state index contributed by atoms with van der Waals surface area (Å²) in [6.45, 7) is 10.8. The Morgan fingerprint density at radius 1 is 0.889 bits per heavy atom. The number of nitriles is 1. The molecule has 1 atom stereocenters. The minimum absolute atomic E-state index is 0.0579. The molecule has 3 aromatic carbocycles. The fraction of sp³-hybridized carbons (Fsp3) is 0.295. The smallest absolute Gasteiger partial charge is 0.410 e. The molecular weight excluding hydrogens is 678 g/mol. The summed E-state index contributed by atoms with van der Waals surface area (Å²) in [4.78, 5) is 26.7. The molecule has 1 fully saturated rings. The van der Waals surface area contributed by atoms with Gasteiger partial charge in [-0.3, -0.25) is 0 Å². The van der Waals surface area contributed by atoms with E-state index in [1.54, 1.807) is 11.1 Å². The van der Waals surface area contributed by atoms with Gasteiger partial charge < -0.3 is 14.5 Å². The zero-order valence-electron chi connectivity index (χ0n) is 31.3. The van der Waals surface area contributed by atoms with Gasteiger partial charge in [0.2, 0.25) is 0 Å². The third kappa shape index (κ3) is 6.78. The number of ether oxygens (including phenoxy) is 1. The number of pyridine rings is 2. The van der Waals surface area contributed by atoms with Gasteiger partial charge in [0, 0.05) is 31.2 Å². The molecule has 9 nitrogen and oxygen atoms in total. The van der Waals surface area contributed by atoms with E-state index in [0.29, 0.717) is 42.8 Å². The van der Waals surface area contributed by atoms with Gasteiger partial charge in [-0.1, -0.05) is 105 Å². The number of rotatable bonds is 8. The summed E-state index contributed by atoms with van der Waals surface area (Å²) in [5.74, 6) is -0.233. The topological polar surface area (TPSA) is 100 Å². The molecule has 6 aromatic rings. The van der Waals surface area contributed by atoms with E-state index < -0.39 is 17.0 Å². The third-order valence-electron chi connectivity index (χ3n) is 9.79. The molecule has 1 amide bonds. The fourth-order valence-corrected chi connectivity index (χ4v) is 7.59. The Labute approximate surface area is 315 Å². The highest BCUT2D eigenvalue weighted by atomic mass is 19.1. The average molecular weight is 722 g/mol. The lowest BCUT2D eigenvalue weighted by molar-refractivity contribution is 0.0119. The molecule has 0 aliphatic carbocycles. The first kappa shape index (κ1) is 36.3. The number of nitrogens with zero attached hydrogens (tertiary/aromatic N) is 7. The zero-order valence-corrected chi connectivity index (χ0v) is 31.3. The third-order valence-corrected chi connectivity index (χ3v) is 9.79. The van der Waals surface area contributed by atoms with Crippen molar-refractivity contribution in [2.24, 2.45) is 5.92 Å². The van der Waals surface area contributed by atoms with Crippen LogP contribution in [0.4, 0.5) is 15.0 Å². The Morgan fingerprint density at radius 2 is 1.48 bits per heavy atom. The van der Waals surface area contributed by atoms with E-state index in [1.165, 1.54) is 6.07 Å². The molecule has 0 saturated carbocycles. The monoisotopic (exact) mass is 721 g/mol. The van der Waals surface area contributed by atoms with Gasteiger partial charge in [0.1, 0.15) is 28.6 Å². The summed E-state index contributed by atoms with van der Waals surface area (Å²) in [7, 11) is 0. The molecule has 1 aliphatic heterocycles. The number of piperazine rings is 1. The van der Waals surface area contributed by atoms with Crippen LogP contribution in [0.5, 0.6) is 0 Å². The van der Waals surface area contributed by atoms with Crippen molar-refractivity contribution in [3.8, 4) is 17.5 Å². The van der Waals surface area contributed by atoms with Crippen LogP contribution in [0.15, 0.2) is 115 Å². The van der Waals surface area contributed by atoms with Crippen molar-refractivity contribution in [2.75, 3.05) is 24.5 Å². The Hall–Kier alpha value is -6.08. The fourth-order valence-electron chi connectivity index (χ4n) is 7.59. The quantitative estimate of drug-likeness (QED) is 0.145. The number of halogens is 1. The Morgan fingerprint density at radius 3 is 2.02 bits per heavy atom. The maximum absolute atomic E-state index is 16.2.